The lowest BCUT2D eigenvalue weighted by Crippen LogP contribution is -2.27. The Kier molecular flexibility index (Phi) is 5.15. The second-order valence-corrected chi connectivity index (χ2v) is 1.67. The van der Waals surface area contributed by atoms with Gasteiger partial charge in [0, 0.05) is 0 Å². The monoisotopic (exact) mass is 158 g/mol. The van der Waals surface area contributed by atoms with Crippen molar-refractivity contribution in [2.24, 2.45) is 0 Å². The molecule has 1 rings (SSSR count). The first kappa shape index (κ1) is 9.94. The van der Waals surface area contributed by atoms with Crippen LogP contribution in [0.4, 0.5) is 0 Å². The number of rotatable bonds is 0. The maximum Gasteiger partial charge on any atom is 0.344 e. The predicted molar refractivity (Wildman–Crippen MR) is 37.2 cm³/mol. The SMILES string of the molecule is O=C1COC(=O)CO1.[CH2]C[CH2]. The third-order valence-corrected chi connectivity index (χ3v) is 0.702. The van der Waals surface area contributed by atoms with Crippen LogP contribution in [0.1, 0.15) is 6.42 Å². The number of esters is 2. The van der Waals surface area contributed by atoms with Gasteiger partial charge < -0.3 is 9.47 Å². The molecule has 1 aliphatic rings. The van der Waals surface area contributed by atoms with Crippen LogP contribution in [-0.4, -0.2) is 25.2 Å². The zero-order valence-electron chi connectivity index (χ0n) is 6.17. The Balaban J connectivity index is 0.000000292. The van der Waals surface area contributed by atoms with Gasteiger partial charge in [-0.05, 0) is 0 Å². The first-order valence-electron chi connectivity index (χ1n) is 3.10. The molecule has 0 spiro atoms. The number of hydrogen-bond acceptors (Lipinski definition) is 4. The molecule has 0 aromatic rings. The molecule has 0 amide bonds. The van der Waals surface area contributed by atoms with Crippen molar-refractivity contribution in [1.82, 2.24) is 0 Å². The summed E-state index contributed by atoms with van der Waals surface area (Å²) in [4.78, 5) is 20.2. The highest BCUT2D eigenvalue weighted by Gasteiger charge is 2.16. The van der Waals surface area contributed by atoms with Crippen molar-refractivity contribution in [3.8, 4) is 0 Å². The lowest BCUT2D eigenvalue weighted by molar-refractivity contribution is -0.174. The third kappa shape index (κ3) is 5.39. The largest absolute Gasteiger partial charge is 0.451 e. The van der Waals surface area contributed by atoms with Gasteiger partial charge in [0.2, 0.25) is 0 Å². The molecule has 4 heteroatoms. The van der Waals surface area contributed by atoms with Crippen molar-refractivity contribution < 1.29 is 19.1 Å². The molecule has 1 aliphatic heterocycles. The Bertz CT molecular complexity index is 113. The number of hydrogen-bond donors (Lipinski definition) is 0. The van der Waals surface area contributed by atoms with Gasteiger partial charge in [-0.15, -0.1) is 0 Å². The Labute approximate surface area is 65.5 Å². The molecular weight excluding hydrogens is 148 g/mol. The second kappa shape index (κ2) is 5.70. The van der Waals surface area contributed by atoms with E-state index in [1.54, 1.807) is 0 Å². The standard InChI is InChI=1S/C4H4O4.C3H6/c5-3-1-7-4(6)2-8-3;1-3-2/h1-2H2;1-3H2. The highest BCUT2D eigenvalue weighted by atomic mass is 16.6. The molecule has 0 unspecified atom stereocenters. The molecule has 1 saturated heterocycles. The molecule has 0 atom stereocenters. The van der Waals surface area contributed by atoms with Gasteiger partial charge in [0.15, 0.2) is 13.2 Å². The minimum absolute atomic E-state index is 0.237. The summed E-state index contributed by atoms with van der Waals surface area (Å²) < 4.78 is 8.55. The number of ether oxygens (including phenoxy) is 2. The summed E-state index contributed by atoms with van der Waals surface area (Å²) in [6.45, 7) is 6.28. The molecule has 11 heavy (non-hydrogen) atoms. The summed E-state index contributed by atoms with van der Waals surface area (Å²) in [6, 6.07) is 0. The summed E-state index contributed by atoms with van der Waals surface area (Å²) in [5.41, 5.74) is 0. The molecule has 62 valence electrons. The lowest BCUT2D eigenvalue weighted by atomic mass is 10.6. The van der Waals surface area contributed by atoms with Crippen molar-refractivity contribution in [2.45, 2.75) is 6.42 Å². The van der Waals surface area contributed by atoms with E-state index in [9.17, 15) is 9.59 Å². The van der Waals surface area contributed by atoms with Crippen LogP contribution in [-0.2, 0) is 19.1 Å². The first-order chi connectivity index (χ1) is 5.20. The fraction of sp³-hybridized carbons (Fsp3) is 0.429. The predicted octanol–water partition coefficient (Wildman–Crippen LogP) is 0.131. The Morgan fingerprint density at radius 3 is 1.55 bits per heavy atom. The third-order valence-electron chi connectivity index (χ3n) is 0.702. The normalized spacial score (nSPS) is 15.8. The second-order valence-electron chi connectivity index (χ2n) is 1.67. The molecule has 0 bridgehead atoms. The lowest BCUT2D eigenvalue weighted by Gasteiger charge is -2.09. The highest BCUT2D eigenvalue weighted by Crippen LogP contribution is 1.90. The van der Waals surface area contributed by atoms with Crippen LogP contribution in [0, 0.1) is 13.8 Å². The van der Waals surface area contributed by atoms with Gasteiger partial charge in [-0.1, -0.05) is 20.3 Å². The fourth-order valence-electron chi connectivity index (χ4n) is 0.362. The van der Waals surface area contributed by atoms with Gasteiger partial charge in [-0.2, -0.15) is 0 Å². The molecule has 1 heterocycles. The maximum absolute atomic E-state index is 10.1. The van der Waals surface area contributed by atoms with Crippen molar-refractivity contribution >= 4 is 11.9 Å². The Morgan fingerprint density at radius 2 is 1.36 bits per heavy atom. The van der Waals surface area contributed by atoms with Gasteiger partial charge in [-0.25, -0.2) is 9.59 Å². The van der Waals surface area contributed by atoms with E-state index in [4.69, 9.17) is 0 Å². The fourth-order valence-corrected chi connectivity index (χ4v) is 0.362. The first-order valence-corrected chi connectivity index (χ1v) is 3.10. The minimum Gasteiger partial charge on any atom is -0.451 e. The zero-order valence-corrected chi connectivity index (χ0v) is 6.17. The molecule has 0 aromatic heterocycles. The quantitative estimate of drug-likeness (QED) is 0.470. The van der Waals surface area contributed by atoms with E-state index in [-0.39, 0.29) is 13.2 Å². The molecule has 2 radical (unpaired) electrons. The summed E-state index contributed by atoms with van der Waals surface area (Å²) in [5, 5.41) is 0. The van der Waals surface area contributed by atoms with Crippen LogP contribution >= 0.6 is 0 Å². The Hall–Kier alpha value is -1.06. The summed E-state index contributed by atoms with van der Waals surface area (Å²) in [5.74, 6) is -0.964. The van der Waals surface area contributed by atoms with Crippen molar-refractivity contribution in [3.63, 3.8) is 0 Å². The number of carbonyl (C=O) groups is 2. The topological polar surface area (TPSA) is 52.6 Å². The van der Waals surface area contributed by atoms with Crippen LogP contribution < -0.4 is 0 Å². The smallest absolute Gasteiger partial charge is 0.344 e. The van der Waals surface area contributed by atoms with E-state index in [1.807, 2.05) is 0 Å². The van der Waals surface area contributed by atoms with E-state index in [0.717, 1.165) is 6.42 Å². The Morgan fingerprint density at radius 1 is 1.09 bits per heavy atom. The zero-order chi connectivity index (χ0) is 8.69. The molecule has 1 fully saturated rings. The van der Waals surface area contributed by atoms with E-state index >= 15 is 0 Å². The van der Waals surface area contributed by atoms with E-state index in [2.05, 4.69) is 23.3 Å². The molecule has 4 nitrogen and oxygen atoms in total. The van der Waals surface area contributed by atoms with Gasteiger partial charge in [-0.3, -0.25) is 0 Å². The molecular formula is C7H10O4. The van der Waals surface area contributed by atoms with Crippen LogP contribution in [0.5, 0.6) is 0 Å². The van der Waals surface area contributed by atoms with Gasteiger partial charge in [0.1, 0.15) is 0 Å². The van der Waals surface area contributed by atoms with Crippen LogP contribution in [0.15, 0.2) is 0 Å². The number of carbonyl (C=O) groups excluding carboxylic acids is 2. The highest BCUT2D eigenvalue weighted by molar-refractivity contribution is 5.82. The molecule has 0 saturated carbocycles. The van der Waals surface area contributed by atoms with Gasteiger partial charge in [0.25, 0.3) is 0 Å². The summed E-state index contributed by atoms with van der Waals surface area (Å²) in [7, 11) is 0. The van der Waals surface area contributed by atoms with Gasteiger partial charge in [0.05, 0.1) is 0 Å². The van der Waals surface area contributed by atoms with Crippen molar-refractivity contribution in [3.05, 3.63) is 13.8 Å². The molecule has 0 aromatic carbocycles. The molecule has 0 aliphatic carbocycles. The number of cyclic esters (lactones) is 2. The van der Waals surface area contributed by atoms with E-state index < -0.39 is 11.9 Å². The van der Waals surface area contributed by atoms with Gasteiger partial charge >= 0.3 is 11.9 Å². The molecule has 0 N–H and O–H groups in total. The average Bonchev–Trinajstić information content (AvgIpc) is 1.97. The van der Waals surface area contributed by atoms with E-state index in [0.29, 0.717) is 0 Å². The van der Waals surface area contributed by atoms with Crippen LogP contribution in [0.3, 0.4) is 0 Å². The van der Waals surface area contributed by atoms with Crippen LogP contribution in [0.2, 0.25) is 0 Å². The van der Waals surface area contributed by atoms with Crippen LogP contribution in [0.25, 0.3) is 0 Å². The maximum atomic E-state index is 10.1. The summed E-state index contributed by atoms with van der Waals surface area (Å²) in [6.07, 6.45) is 0.750. The average molecular weight is 158 g/mol. The minimum atomic E-state index is -0.482. The van der Waals surface area contributed by atoms with Crippen molar-refractivity contribution in [2.75, 3.05) is 13.2 Å². The van der Waals surface area contributed by atoms with Crippen molar-refractivity contribution in [1.29, 1.82) is 0 Å². The summed E-state index contributed by atoms with van der Waals surface area (Å²) >= 11 is 0. The van der Waals surface area contributed by atoms with E-state index in [1.165, 1.54) is 0 Å².